The lowest BCUT2D eigenvalue weighted by Crippen LogP contribution is -2.60. The van der Waals surface area contributed by atoms with E-state index in [4.69, 9.17) is 0 Å². The molecule has 0 amide bonds. The molecule has 0 spiro atoms. The molecule has 1 aliphatic carbocycles. The number of allylic oxidation sites excluding steroid dienone is 3. The molecule has 1 saturated heterocycles. The van der Waals surface area contributed by atoms with Crippen LogP contribution in [0.2, 0.25) is 0 Å². The van der Waals surface area contributed by atoms with Crippen LogP contribution in [0.5, 0.6) is 0 Å². The zero-order valence-electron chi connectivity index (χ0n) is 15.6. The zero-order valence-corrected chi connectivity index (χ0v) is 16.4. The Morgan fingerprint density at radius 3 is 2.31 bits per heavy atom. The molecule has 1 heterocycles. The fourth-order valence-electron chi connectivity index (χ4n) is 3.92. The van der Waals surface area contributed by atoms with Gasteiger partial charge in [0.25, 0.3) is 0 Å². The smallest absolute Gasteiger partial charge is 0.224 e. The highest BCUT2D eigenvalue weighted by atomic mass is 32.2. The summed E-state index contributed by atoms with van der Waals surface area (Å²) in [6.45, 7) is 8.12. The highest BCUT2D eigenvalue weighted by Gasteiger charge is 2.56. The molecule has 1 aromatic carbocycles. The van der Waals surface area contributed by atoms with Crippen molar-refractivity contribution in [2.45, 2.75) is 37.4 Å². The quantitative estimate of drug-likeness (QED) is 0.876. The summed E-state index contributed by atoms with van der Waals surface area (Å²) in [5.74, 6) is -0.321. The van der Waals surface area contributed by atoms with Crippen LogP contribution in [0.4, 0.5) is 4.39 Å². The number of halogens is 1. The van der Waals surface area contributed by atoms with E-state index in [0.717, 1.165) is 11.1 Å². The van der Waals surface area contributed by atoms with Crippen molar-refractivity contribution in [3.63, 3.8) is 0 Å². The molecule has 0 aromatic heterocycles. The molecule has 1 N–H and O–H groups in total. The summed E-state index contributed by atoms with van der Waals surface area (Å²) in [5, 5.41) is 3.21. The van der Waals surface area contributed by atoms with Gasteiger partial charge in [0.05, 0.1) is 0 Å². The van der Waals surface area contributed by atoms with Gasteiger partial charge in [0, 0.05) is 31.6 Å². The lowest BCUT2D eigenvalue weighted by atomic mass is 9.69. The van der Waals surface area contributed by atoms with Crippen LogP contribution in [0.1, 0.15) is 32.8 Å². The Morgan fingerprint density at radius 2 is 1.77 bits per heavy atom. The maximum absolute atomic E-state index is 13.8. The first-order valence-electron chi connectivity index (χ1n) is 9.03. The van der Waals surface area contributed by atoms with Gasteiger partial charge < -0.3 is 5.32 Å². The Kier molecular flexibility index (Phi) is 5.12. The molecule has 1 fully saturated rings. The van der Waals surface area contributed by atoms with Crippen molar-refractivity contribution in [3.8, 4) is 0 Å². The average Bonchev–Trinajstić information content (AvgIpc) is 2.63. The van der Waals surface area contributed by atoms with E-state index in [1.165, 1.54) is 12.1 Å². The molecule has 1 unspecified atom stereocenters. The molecular formula is C20H27FN2O2S. The van der Waals surface area contributed by atoms with E-state index in [0.29, 0.717) is 32.6 Å². The van der Waals surface area contributed by atoms with Crippen molar-refractivity contribution in [1.82, 2.24) is 9.62 Å². The normalized spacial score (nSPS) is 25.2. The number of hydrogen-bond donors (Lipinski definition) is 1. The molecule has 1 aromatic rings. The Bertz CT molecular complexity index is 822. The minimum Gasteiger partial charge on any atom is -0.314 e. The summed E-state index contributed by atoms with van der Waals surface area (Å²) < 4.78 is 41.5. The third-order valence-electron chi connectivity index (χ3n) is 5.84. The predicted octanol–water partition coefficient (Wildman–Crippen LogP) is 2.98. The van der Waals surface area contributed by atoms with E-state index in [-0.39, 0.29) is 5.82 Å². The van der Waals surface area contributed by atoms with E-state index in [9.17, 15) is 12.8 Å². The third-order valence-corrected chi connectivity index (χ3v) is 8.62. The molecule has 3 rings (SSSR count). The highest BCUT2D eigenvalue weighted by molar-refractivity contribution is 7.90. The number of hydrogen-bond acceptors (Lipinski definition) is 3. The maximum Gasteiger partial charge on any atom is 0.224 e. The second kappa shape index (κ2) is 6.91. The Morgan fingerprint density at radius 1 is 1.15 bits per heavy atom. The maximum atomic E-state index is 13.8. The van der Waals surface area contributed by atoms with Crippen LogP contribution in [-0.2, 0) is 15.4 Å². The highest BCUT2D eigenvalue weighted by Crippen LogP contribution is 2.47. The monoisotopic (exact) mass is 378 g/mol. The fourth-order valence-corrected chi connectivity index (χ4v) is 6.34. The lowest BCUT2D eigenvalue weighted by Gasteiger charge is -2.48. The second-order valence-electron chi connectivity index (χ2n) is 7.66. The summed E-state index contributed by atoms with van der Waals surface area (Å²) in [5.41, 5.74) is 1.15. The van der Waals surface area contributed by atoms with Crippen molar-refractivity contribution < 1.29 is 12.8 Å². The number of nitrogens with one attached hydrogen (secondary N) is 1. The number of sulfonamides is 1. The Balaban J connectivity index is 2.13. The summed E-state index contributed by atoms with van der Waals surface area (Å²) in [7, 11) is -3.62. The first-order chi connectivity index (χ1) is 12.2. The standard InChI is InChI=1S/C20H27FN2O2S/c1-16-8-10-20(11-9-16,26(24,25)23-14-12-22-13-15-23)19(2,3)17-4-6-18(21)7-5-17/h4-10,22H,11-15H2,1-3H3. The van der Waals surface area contributed by atoms with Gasteiger partial charge in [-0.3, -0.25) is 0 Å². The topological polar surface area (TPSA) is 49.4 Å². The van der Waals surface area contributed by atoms with Gasteiger partial charge in [0.15, 0.2) is 0 Å². The average molecular weight is 379 g/mol. The van der Waals surface area contributed by atoms with E-state index in [2.05, 4.69) is 5.32 Å². The van der Waals surface area contributed by atoms with Crippen molar-refractivity contribution in [2.75, 3.05) is 26.2 Å². The minimum atomic E-state index is -3.62. The summed E-state index contributed by atoms with van der Waals surface area (Å²) >= 11 is 0. The van der Waals surface area contributed by atoms with Crippen molar-refractivity contribution in [2.24, 2.45) is 0 Å². The van der Waals surface area contributed by atoms with Crippen LogP contribution in [0, 0.1) is 5.82 Å². The molecular weight excluding hydrogens is 351 g/mol. The molecule has 142 valence electrons. The SMILES string of the molecule is CC1=CCC(C(C)(C)c2ccc(F)cc2)(S(=O)(=O)N2CCNCC2)C=C1. The Hall–Kier alpha value is -1.50. The van der Waals surface area contributed by atoms with Gasteiger partial charge in [-0.05, 0) is 31.0 Å². The van der Waals surface area contributed by atoms with E-state index < -0.39 is 20.2 Å². The molecule has 26 heavy (non-hydrogen) atoms. The molecule has 1 atom stereocenters. The first-order valence-corrected chi connectivity index (χ1v) is 10.5. The number of nitrogens with zero attached hydrogens (tertiary/aromatic N) is 1. The van der Waals surface area contributed by atoms with Crippen LogP contribution in [0.3, 0.4) is 0 Å². The van der Waals surface area contributed by atoms with Crippen molar-refractivity contribution >= 4 is 10.0 Å². The molecule has 2 aliphatic rings. The summed E-state index contributed by atoms with van der Waals surface area (Å²) in [6.07, 6.45) is 6.15. The number of piperazine rings is 1. The lowest BCUT2D eigenvalue weighted by molar-refractivity contribution is 0.319. The molecule has 0 saturated carbocycles. The minimum absolute atomic E-state index is 0.321. The van der Waals surface area contributed by atoms with Crippen molar-refractivity contribution in [3.05, 3.63) is 59.4 Å². The van der Waals surface area contributed by atoms with E-state index in [1.54, 1.807) is 16.4 Å². The number of rotatable bonds is 4. The molecule has 6 heteroatoms. The Labute approximate surface area is 155 Å². The zero-order chi connectivity index (χ0) is 19.0. The van der Waals surface area contributed by atoms with Crippen LogP contribution in [0.15, 0.2) is 48.1 Å². The third kappa shape index (κ3) is 3.04. The van der Waals surface area contributed by atoms with E-state index >= 15 is 0 Å². The van der Waals surface area contributed by atoms with Crippen LogP contribution >= 0.6 is 0 Å². The van der Waals surface area contributed by atoms with Gasteiger partial charge in [0.2, 0.25) is 10.0 Å². The van der Waals surface area contributed by atoms with Crippen LogP contribution < -0.4 is 5.32 Å². The van der Waals surface area contributed by atoms with E-state index in [1.807, 2.05) is 39.0 Å². The second-order valence-corrected chi connectivity index (χ2v) is 9.86. The molecule has 0 radical (unpaired) electrons. The van der Waals surface area contributed by atoms with Gasteiger partial charge in [-0.25, -0.2) is 12.8 Å². The van der Waals surface area contributed by atoms with Gasteiger partial charge in [-0.2, -0.15) is 4.31 Å². The van der Waals surface area contributed by atoms with Crippen LogP contribution in [-0.4, -0.2) is 43.6 Å². The van der Waals surface area contributed by atoms with Gasteiger partial charge in [0.1, 0.15) is 10.6 Å². The largest absolute Gasteiger partial charge is 0.314 e. The summed E-state index contributed by atoms with van der Waals surface area (Å²) in [6, 6.07) is 6.19. The van der Waals surface area contributed by atoms with Crippen LogP contribution in [0.25, 0.3) is 0 Å². The molecule has 4 nitrogen and oxygen atoms in total. The van der Waals surface area contributed by atoms with Gasteiger partial charge in [-0.1, -0.05) is 49.8 Å². The number of benzene rings is 1. The fraction of sp³-hybridized carbons (Fsp3) is 0.500. The molecule has 1 aliphatic heterocycles. The van der Waals surface area contributed by atoms with Crippen molar-refractivity contribution in [1.29, 1.82) is 0 Å². The van der Waals surface area contributed by atoms with Gasteiger partial charge in [-0.15, -0.1) is 0 Å². The first kappa shape index (κ1) is 19.3. The molecule has 0 bridgehead atoms. The predicted molar refractivity (Wildman–Crippen MR) is 103 cm³/mol. The van der Waals surface area contributed by atoms with Gasteiger partial charge >= 0.3 is 0 Å². The summed E-state index contributed by atoms with van der Waals surface area (Å²) in [4.78, 5) is 0.